The van der Waals surface area contributed by atoms with E-state index in [1.54, 1.807) is 0 Å². The Morgan fingerprint density at radius 2 is 1.36 bits per heavy atom. The van der Waals surface area contributed by atoms with Gasteiger partial charge in [-0.1, -0.05) is 67.2 Å². The lowest BCUT2D eigenvalue weighted by Crippen LogP contribution is -1.87. The number of aromatic nitrogens is 1. The molecule has 1 heteroatoms. The van der Waals surface area contributed by atoms with E-state index >= 15 is 0 Å². The Morgan fingerprint density at radius 3 is 2.23 bits per heavy atom. The summed E-state index contributed by atoms with van der Waals surface area (Å²) in [6, 6.07) is 23.4. The van der Waals surface area contributed by atoms with E-state index in [0.29, 0.717) is 0 Å². The summed E-state index contributed by atoms with van der Waals surface area (Å²) in [6.07, 6.45) is 3.67. The van der Waals surface area contributed by atoms with Crippen LogP contribution < -0.4 is 0 Å². The zero-order chi connectivity index (χ0) is 14.9. The summed E-state index contributed by atoms with van der Waals surface area (Å²) >= 11 is 0. The van der Waals surface area contributed by atoms with E-state index in [0.717, 1.165) is 11.1 Å². The van der Waals surface area contributed by atoms with Crippen molar-refractivity contribution < 1.29 is 0 Å². The molecule has 1 heterocycles. The fourth-order valence-corrected chi connectivity index (χ4v) is 3.09. The van der Waals surface area contributed by atoms with E-state index in [1.807, 2.05) is 12.3 Å². The molecule has 0 fully saturated rings. The van der Waals surface area contributed by atoms with Crippen LogP contribution in [0.4, 0.5) is 0 Å². The Labute approximate surface area is 129 Å². The number of benzene rings is 3. The third kappa shape index (κ3) is 1.91. The van der Waals surface area contributed by atoms with E-state index < -0.39 is 0 Å². The minimum Gasteiger partial charge on any atom is -0.256 e. The van der Waals surface area contributed by atoms with Gasteiger partial charge in [-0.15, -0.1) is 0 Å². The van der Waals surface area contributed by atoms with Crippen molar-refractivity contribution in [3.8, 4) is 11.1 Å². The van der Waals surface area contributed by atoms with Crippen molar-refractivity contribution in [3.05, 3.63) is 85.2 Å². The van der Waals surface area contributed by atoms with Gasteiger partial charge in [0.25, 0.3) is 0 Å². The van der Waals surface area contributed by atoms with Crippen molar-refractivity contribution in [3.63, 3.8) is 0 Å². The lowest BCUT2D eigenvalue weighted by Gasteiger charge is -2.11. The van der Waals surface area contributed by atoms with Crippen molar-refractivity contribution in [1.29, 1.82) is 0 Å². The van der Waals surface area contributed by atoms with Gasteiger partial charge in [0.1, 0.15) is 0 Å². The summed E-state index contributed by atoms with van der Waals surface area (Å²) in [6.45, 7) is 3.87. The number of hydrogen-bond acceptors (Lipinski definition) is 1. The molecule has 22 heavy (non-hydrogen) atoms. The summed E-state index contributed by atoms with van der Waals surface area (Å²) in [5, 5.41) is 4.89. The van der Waals surface area contributed by atoms with Crippen LogP contribution in [0.3, 0.4) is 0 Å². The van der Waals surface area contributed by atoms with Crippen LogP contribution in [0.25, 0.3) is 38.7 Å². The van der Waals surface area contributed by atoms with Crippen molar-refractivity contribution in [1.82, 2.24) is 4.98 Å². The minimum absolute atomic E-state index is 0.930. The van der Waals surface area contributed by atoms with Gasteiger partial charge < -0.3 is 0 Å². The molecule has 104 valence electrons. The molecule has 0 aliphatic rings. The highest BCUT2D eigenvalue weighted by Crippen LogP contribution is 2.34. The molecule has 0 radical (unpaired) electrons. The Hall–Kier alpha value is -2.93. The van der Waals surface area contributed by atoms with Crippen LogP contribution in [0, 0.1) is 0 Å². The van der Waals surface area contributed by atoms with Gasteiger partial charge in [0.15, 0.2) is 0 Å². The lowest BCUT2D eigenvalue weighted by molar-refractivity contribution is 1.33. The zero-order valence-electron chi connectivity index (χ0n) is 12.2. The second kappa shape index (κ2) is 5.12. The van der Waals surface area contributed by atoms with Crippen molar-refractivity contribution in [2.24, 2.45) is 0 Å². The summed E-state index contributed by atoms with van der Waals surface area (Å²) < 4.78 is 0. The van der Waals surface area contributed by atoms with Gasteiger partial charge in [0, 0.05) is 11.6 Å². The molecule has 4 aromatic rings. The van der Waals surface area contributed by atoms with Crippen LogP contribution in [0.15, 0.2) is 79.5 Å². The second-order valence-electron chi connectivity index (χ2n) is 5.33. The van der Waals surface area contributed by atoms with E-state index in [4.69, 9.17) is 0 Å². The number of pyridine rings is 1. The Balaban J connectivity index is 2.11. The third-order valence-electron chi connectivity index (χ3n) is 4.11. The smallest absolute Gasteiger partial charge is 0.0702 e. The molecule has 0 spiro atoms. The maximum absolute atomic E-state index is 4.40. The molecule has 1 nitrogen and oxygen atoms in total. The largest absolute Gasteiger partial charge is 0.256 e. The SMILES string of the molecule is C=Cc1nccc2c(-c3cccc4ccccc34)cccc12. The molecule has 0 unspecified atom stereocenters. The third-order valence-corrected chi connectivity index (χ3v) is 4.11. The van der Waals surface area contributed by atoms with Gasteiger partial charge in [-0.2, -0.15) is 0 Å². The molecule has 3 aromatic carbocycles. The molecule has 0 aliphatic heterocycles. The van der Waals surface area contributed by atoms with Gasteiger partial charge in [0.2, 0.25) is 0 Å². The average molecular weight is 281 g/mol. The quantitative estimate of drug-likeness (QED) is 0.459. The topological polar surface area (TPSA) is 12.9 Å². The molecule has 0 saturated carbocycles. The van der Waals surface area contributed by atoms with E-state index in [2.05, 4.69) is 78.3 Å². The van der Waals surface area contributed by atoms with Crippen LogP contribution in [-0.4, -0.2) is 4.98 Å². The first-order valence-electron chi connectivity index (χ1n) is 7.37. The van der Waals surface area contributed by atoms with Crippen LogP contribution >= 0.6 is 0 Å². The van der Waals surface area contributed by atoms with Crippen LogP contribution in [-0.2, 0) is 0 Å². The molecule has 0 N–H and O–H groups in total. The highest BCUT2D eigenvalue weighted by atomic mass is 14.7. The maximum atomic E-state index is 4.40. The molecule has 0 bridgehead atoms. The molecule has 0 saturated heterocycles. The van der Waals surface area contributed by atoms with Crippen LogP contribution in [0.2, 0.25) is 0 Å². The summed E-state index contributed by atoms with van der Waals surface area (Å²) in [4.78, 5) is 4.40. The summed E-state index contributed by atoms with van der Waals surface area (Å²) in [7, 11) is 0. The Morgan fingerprint density at radius 1 is 0.682 bits per heavy atom. The number of rotatable bonds is 2. The predicted molar refractivity (Wildman–Crippen MR) is 94.8 cm³/mol. The standard InChI is InChI=1S/C21H15N/c1-2-21-20-12-6-11-18(19(20)13-14-22-21)17-10-5-8-15-7-3-4-9-16(15)17/h2-14H,1H2. The lowest BCUT2D eigenvalue weighted by atomic mass is 9.94. The average Bonchev–Trinajstić information content (AvgIpc) is 2.60. The highest BCUT2D eigenvalue weighted by Gasteiger charge is 2.08. The Kier molecular flexibility index (Phi) is 2.97. The number of hydrogen-bond donors (Lipinski definition) is 0. The van der Waals surface area contributed by atoms with E-state index in [-0.39, 0.29) is 0 Å². The first-order chi connectivity index (χ1) is 10.9. The number of fused-ring (bicyclic) bond motifs is 2. The van der Waals surface area contributed by atoms with Gasteiger partial charge in [-0.3, -0.25) is 4.98 Å². The molecule has 0 amide bonds. The first-order valence-corrected chi connectivity index (χ1v) is 7.37. The maximum Gasteiger partial charge on any atom is 0.0702 e. The van der Waals surface area contributed by atoms with Gasteiger partial charge in [0.05, 0.1) is 5.69 Å². The van der Waals surface area contributed by atoms with Crippen molar-refractivity contribution in [2.45, 2.75) is 0 Å². The van der Waals surface area contributed by atoms with Gasteiger partial charge >= 0.3 is 0 Å². The van der Waals surface area contributed by atoms with Crippen molar-refractivity contribution >= 4 is 27.6 Å². The minimum atomic E-state index is 0.930. The monoisotopic (exact) mass is 281 g/mol. The summed E-state index contributed by atoms with van der Waals surface area (Å²) in [5.41, 5.74) is 3.42. The molecular formula is C21H15N. The second-order valence-corrected chi connectivity index (χ2v) is 5.33. The molecular weight excluding hydrogens is 266 g/mol. The first kappa shape index (κ1) is 12.8. The fraction of sp³-hybridized carbons (Fsp3) is 0. The predicted octanol–water partition coefficient (Wildman–Crippen LogP) is 5.70. The van der Waals surface area contributed by atoms with Crippen LogP contribution in [0.5, 0.6) is 0 Å². The number of nitrogens with zero attached hydrogens (tertiary/aromatic N) is 1. The highest BCUT2D eigenvalue weighted by molar-refractivity contribution is 6.06. The van der Waals surface area contributed by atoms with Gasteiger partial charge in [-0.05, 0) is 39.4 Å². The van der Waals surface area contributed by atoms with E-state index in [9.17, 15) is 0 Å². The normalized spacial score (nSPS) is 10.9. The molecule has 0 aliphatic carbocycles. The zero-order valence-corrected chi connectivity index (χ0v) is 12.2. The van der Waals surface area contributed by atoms with Crippen molar-refractivity contribution in [2.75, 3.05) is 0 Å². The fourth-order valence-electron chi connectivity index (χ4n) is 3.09. The molecule has 4 rings (SSSR count). The van der Waals surface area contributed by atoms with Gasteiger partial charge in [-0.25, -0.2) is 0 Å². The molecule has 1 aromatic heterocycles. The molecule has 0 atom stereocenters. The van der Waals surface area contributed by atoms with Crippen LogP contribution in [0.1, 0.15) is 5.69 Å². The summed E-state index contributed by atoms with van der Waals surface area (Å²) in [5.74, 6) is 0. The Bertz CT molecular complexity index is 993. The van der Waals surface area contributed by atoms with E-state index in [1.165, 1.54) is 27.3 Å².